The maximum absolute atomic E-state index is 12.8. The number of likely N-dealkylation sites (tertiary alicyclic amines) is 2. The molecule has 5 nitrogen and oxygen atoms in total. The first-order valence-electron chi connectivity index (χ1n) is 9.13. The number of anilines is 1. The molecule has 2 aliphatic heterocycles. The molecule has 1 N–H and O–H groups in total. The lowest BCUT2D eigenvalue weighted by Gasteiger charge is -2.36. The van der Waals surface area contributed by atoms with Gasteiger partial charge in [0.2, 0.25) is 11.8 Å². The van der Waals surface area contributed by atoms with Crippen LogP contribution < -0.4 is 5.32 Å². The van der Waals surface area contributed by atoms with Crippen molar-refractivity contribution >= 4 is 29.1 Å². The number of aryl methyl sites for hydroxylation is 1. The van der Waals surface area contributed by atoms with E-state index >= 15 is 0 Å². The Morgan fingerprint density at radius 2 is 1.88 bits per heavy atom. The highest BCUT2D eigenvalue weighted by Gasteiger charge is 2.33. The van der Waals surface area contributed by atoms with Gasteiger partial charge in [0.05, 0.1) is 12.6 Å². The fourth-order valence-electron chi connectivity index (χ4n) is 3.66. The van der Waals surface area contributed by atoms with E-state index in [2.05, 4.69) is 5.32 Å². The predicted molar refractivity (Wildman–Crippen MR) is 99.8 cm³/mol. The zero-order chi connectivity index (χ0) is 17.8. The van der Waals surface area contributed by atoms with Crippen molar-refractivity contribution in [1.82, 2.24) is 9.80 Å². The minimum absolute atomic E-state index is 0.0963. The van der Waals surface area contributed by atoms with Gasteiger partial charge in [0.25, 0.3) is 0 Å². The molecule has 136 valence electrons. The van der Waals surface area contributed by atoms with E-state index in [1.165, 1.54) is 0 Å². The van der Waals surface area contributed by atoms with Gasteiger partial charge in [-0.3, -0.25) is 14.5 Å². The number of piperidine rings is 1. The van der Waals surface area contributed by atoms with Crippen molar-refractivity contribution < 1.29 is 9.59 Å². The second-order valence-corrected chi connectivity index (χ2v) is 7.43. The highest BCUT2D eigenvalue weighted by Crippen LogP contribution is 2.22. The second-order valence-electron chi connectivity index (χ2n) is 7.03. The van der Waals surface area contributed by atoms with Crippen molar-refractivity contribution in [1.29, 1.82) is 0 Å². The number of carbonyl (C=O) groups is 2. The number of nitrogens with zero attached hydrogens (tertiary/aromatic N) is 2. The fraction of sp³-hybridized carbons (Fsp3) is 0.579. The van der Waals surface area contributed by atoms with Crippen LogP contribution >= 0.6 is 11.6 Å². The van der Waals surface area contributed by atoms with Crippen LogP contribution in [0.1, 0.15) is 37.7 Å². The van der Waals surface area contributed by atoms with Crippen LogP contribution in [0.3, 0.4) is 0 Å². The van der Waals surface area contributed by atoms with Crippen LogP contribution in [-0.4, -0.2) is 53.8 Å². The molecule has 25 heavy (non-hydrogen) atoms. The van der Waals surface area contributed by atoms with E-state index in [9.17, 15) is 9.59 Å². The number of halogens is 1. The monoisotopic (exact) mass is 363 g/mol. The summed E-state index contributed by atoms with van der Waals surface area (Å²) < 4.78 is 0. The third kappa shape index (κ3) is 4.53. The predicted octanol–water partition coefficient (Wildman–Crippen LogP) is 3.06. The summed E-state index contributed by atoms with van der Waals surface area (Å²) >= 11 is 6.11. The highest BCUT2D eigenvalue weighted by atomic mass is 35.5. The molecule has 2 fully saturated rings. The van der Waals surface area contributed by atoms with E-state index in [4.69, 9.17) is 11.6 Å². The minimum atomic E-state index is -0.154. The van der Waals surface area contributed by atoms with E-state index in [-0.39, 0.29) is 24.4 Å². The summed E-state index contributed by atoms with van der Waals surface area (Å²) in [5.41, 5.74) is 1.67. The Morgan fingerprint density at radius 1 is 1.16 bits per heavy atom. The van der Waals surface area contributed by atoms with Crippen molar-refractivity contribution in [3.05, 3.63) is 28.8 Å². The zero-order valence-corrected chi connectivity index (χ0v) is 15.5. The number of benzene rings is 1. The van der Waals surface area contributed by atoms with Gasteiger partial charge in [-0.05, 0) is 56.8 Å². The lowest BCUT2D eigenvalue weighted by Crippen LogP contribution is -2.52. The number of rotatable bonds is 4. The minimum Gasteiger partial charge on any atom is -0.341 e. The number of nitrogens with one attached hydrogen (secondary N) is 1. The van der Waals surface area contributed by atoms with Crippen LogP contribution in [0.4, 0.5) is 5.69 Å². The molecular formula is C19H26ClN3O2. The van der Waals surface area contributed by atoms with Crippen LogP contribution in [-0.2, 0) is 9.59 Å². The van der Waals surface area contributed by atoms with Crippen molar-refractivity contribution in [2.75, 3.05) is 31.5 Å². The molecule has 2 aliphatic rings. The Balaban J connectivity index is 1.61. The van der Waals surface area contributed by atoms with Gasteiger partial charge in [0.15, 0.2) is 0 Å². The smallest absolute Gasteiger partial charge is 0.239 e. The Labute approximate surface area is 154 Å². The molecule has 2 saturated heterocycles. The summed E-state index contributed by atoms with van der Waals surface area (Å²) in [6, 6.07) is 5.35. The first-order chi connectivity index (χ1) is 12.0. The zero-order valence-electron chi connectivity index (χ0n) is 14.8. The van der Waals surface area contributed by atoms with Gasteiger partial charge in [-0.15, -0.1) is 0 Å². The molecule has 0 radical (unpaired) electrons. The van der Waals surface area contributed by atoms with Gasteiger partial charge in [0, 0.05) is 23.8 Å². The van der Waals surface area contributed by atoms with Crippen LogP contribution in [0.25, 0.3) is 0 Å². The molecule has 6 heteroatoms. The molecule has 1 atom stereocenters. The van der Waals surface area contributed by atoms with Crippen LogP contribution in [0.2, 0.25) is 5.02 Å². The maximum Gasteiger partial charge on any atom is 0.239 e. The number of hydrogen-bond donors (Lipinski definition) is 1. The summed E-state index contributed by atoms with van der Waals surface area (Å²) in [4.78, 5) is 29.2. The van der Waals surface area contributed by atoms with Gasteiger partial charge in [0.1, 0.15) is 0 Å². The summed E-state index contributed by atoms with van der Waals surface area (Å²) in [5.74, 6) is 0.101. The summed E-state index contributed by atoms with van der Waals surface area (Å²) in [7, 11) is 0. The largest absolute Gasteiger partial charge is 0.341 e. The highest BCUT2D eigenvalue weighted by molar-refractivity contribution is 6.31. The van der Waals surface area contributed by atoms with Gasteiger partial charge >= 0.3 is 0 Å². The van der Waals surface area contributed by atoms with Crippen molar-refractivity contribution in [2.24, 2.45) is 0 Å². The van der Waals surface area contributed by atoms with Gasteiger partial charge in [-0.2, -0.15) is 0 Å². The number of hydrogen-bond acceptors (Lipinski definition) is 3. The molecule has 0 aliphatic carbocycles. The lowest BCUT2D eigenvalue weighted by molar-refractivity contribution is -0.137. The summed E-state index contributed by atoms with van der Waals surface area (Å²) in [5, 5.41) is 3.53. The van der Waals surface area contributed by atoms with E-state index < -0.39 is 0 Å². The lowest BCUT2D eigenvalue weighted by atomic mass is 10.0. The average Bonchev–Trinajstić information content (AvgIpc) is 3.12. The van der Waals surface area contributed by atoms with Gasteiger partial charge in [-0.25, -0.2) is 0 Å². The quantitative estimate of drug-likeness (QED) is 0.894. The topological polar surface area (TPSA) is 52.7 Å². The van der Waals surface area contributed by atoms with E-state index in [1.54, 1.807) is 6.07 Å². The molecule has 0 bridgehead atoms. The second kappa shape index (κ2) is 8.19. The molecule has 1 aromatic carbocycles. The first kappa shape index (κ1) is 18.2. The molecule has 2 heterocycles. The number of amides is 2. The van der Waals surface area contributed by atoms with E-state index in [1.807, 2.05) is 28.9 Å². The van der Waals surface area contributed by atoms with Crippen LogP contribution in [0, 0.1) is 6.92 Å². The normalized spacial score (nSPS) is 21.4. The number of carbonyl (C=O) groups excluding carboxylic acids is 2. The van der Waals surface area contributed by atoms with Crippen molar-refractivity contribution in [3.63, 3.8) is 0 Å². The Hall–Kier alpha value is -1.59. The van der Waals surface area contributed by atoms with Crippen LogP contribution in [0.5, 0.6) is 0 Å². The molecule has 0 spiro atoms. The first-order valence-corrected chi connectivity index (χ1v) is 9.51. The van der Waals surface area contributed by atoms with Crippen LogP contribution in [0.15, 0.2) is 18.2 Å². The third-order valence-electron chi connectivity index (χ3n) is 5.12. The summed E-state index contributed by atoms with van der Waals surface area (Å²) in [6.45, 7) is 4.69. The third-order valence-corrected chi connectivity index (χ3v) is 5.53. The van der Waals surface area contributed by atoms with E-state index in [0.717, 1.165) is 57.3 Å². The Bertz CT molecular complexity index is 644. The van der Waals surface area contributed by atoms with Crippen molar-refractivity contribution in [3.8, 4) is 0 Å². The fourth-order valence-corrected chi connectivity index (χ4v) is 3.84. The molecule has 3 rings (SSSR count). The van der Waals surface area contributed by atoms with Gasteiger partial charge in [-0.1, -0.05) is 24.1 Å². The molecule has 1 unspecified atom stereocenters. The molecule has 0 saturated carbocycles. The average molecular weight is 364 g/mol. The summed E-state index contributed by atoms with van der Waals surface area (Å²) in [6.07, 6.45) is 5.11. The van der Waals surface area contributed by atoms with Crippen molar-refractivity contribution in [2.45, 2.75) is 45.1 Å². The Morgan fingerprint density at radius 3 is 2.60 bits per heavy atom. The maximum atomic E-state index is 12.8. The molecule has 1 aromatic rings. The standard InChI is InChI=1S/C19H26ClN3O2/c1-14-7-8-15(12-16(14)20)21-18(24)13-23-11-3-2-6-17(23)19(25)22-9-4-5-10-22/h7-8,12,17H,2-6,9-11,13H2,1H3,(H,21,24). The van der Waals surface area contributed by atoms with Gasteiger partial charge < -0.3 is 10.2 Å². The SMILES string of the molecule is Cc1ccc(NC(=O)CN2CCCCC2C(=O)N2CCCC2)cc1Cl. The van der Waals surface area contributed by atoms with E-state index in [0.29, 0.717) is 10.7 Å². The molecule has 0 aromatic heterocycles. The molecule has 2 amide bonds. The molecular weight excluding hydrogens is 338 g/mol. The Kier molecular flexibility index (Phi) is 5.97.